The molecule has 0 fully saturated rings. The third-order valence-corrected chi connectivity index (χ3v) is 13.8. The molecule has 5 rings (SSSR count). The van der Waals surface area contributed by atoms with E-state index in [1.165, 1.54) is 24.3 Å². The molecule has 0 saturated heterocycles. The maximum absolute atomic E-state index is 14.6. The minimum absolute atomic E-state index is 0.0537. The molecule has 0 saturated carbocycles. The number of nitrogens with zero attached hydrogens (tertiary/aromatic N) is 7. The van der Waals surface area contributed by atoms with Gasteiger partial charge >= 0.3 is 6.08 Å². The average molecular weight is 1060 g/mol. The molecule has 0 aliphatic carbocycles. The van der Waals surface area contributed by atoms with Gasteiger partial charge in [0.05, 0.1) is 40.2 Å². The summed E-state index contributed by atoms with van der Waals surface area (Å²) in [5, 5.41) is 53.8. The van der Waals surface area contributed by atoms with Crippen LogP contribution in [-0.2, 0) is 67.0 Å². The molecule has 360 valence electrons. The van der Waals surface area contributed by atoms with Crippen LogP contribution in [0.2, 0.25) is 0 Å². The maximum Gasteiger partial charge on any atom is 0.315 e. The van der Waals surface area contributed by atoms with E-state index in [1.54, 1.807) is 0 Å². The Hall–Kier alpha value is -5.68. The van der Waals surface area contributed by atoms with Crippen molar-refractivity contribution in [3.63, 3.8) is 0 Å². The van der Waals surface area contributed by atoms with Gasteiger partial charge in [-0.05, 0) is 66.7 Å². The predicted octanol–water partition coefficient (Wildman–Crippen LogP) is 5.66. The van der Waals surface area contributed by atoms with Crippen molar-refractivity contribution in [2.75, 3.05) is 41.1 Å². The SMILES string of the molecule is Nc1cc(O)c(N=Nc2ccc(S(=O)(=O)CCOSOOO)cc2S(=O)(=O)O)cc1N=Nc1cc(Nc2nc(F)nc(Nc3ccc(S(=O)(=O)CCOSOOO)cc3)n2)ccc1S(=O)(=O)O. The van der Waals surface area contributed by atoms with E-state index in [-0.39, 0.29) is 64.8 Å². The summed E-state index contributed by atoms with van der Waals surface area (Å²) in [5.74, 6) is -2.66. The lowest BCUT2D eigenvalue weighted by Gasteiger charge is -2.10. The Kier molecular flexibility index (Phi) is 17.9. The number of sulfone groups is 2. The molecule has 67 heavy (non-hydrogen) atoms. The minimum atomic E-state index is -5.16. The van der Waals surface area contributed by atoms with Crippen molar-refractivity contribution in [2.24, 2.45) is 20.5 Å². The van der Waals surface area contributed by atoms with E-state index in [0.29, 0.717) is 6.07 Å². The van der Waals surface area contributed by atoms with Gasteiger partial charge in [0.15, 0.2) is 44.3 Å². The first-order valence-corrected chi connectivity index (χ1v) is 24.8. The van der Waals surface area contributed by atoms with Crippen molar-refractivity contribution in [1.29, 1.82) is 0 Å². The second-order valence-corrected chi connectivity index (χ2v) is 20.3. The van der Waals surface area contributed by atoms with Gasteiger partial charge in [-0.25, -0.2) is 27.4 Å². The van der Waals surface area contributed by atoms with Crippen LogP contribution in [0.4, 0.5) is 56.1 Å². The number of nitrogens with one attached hydrogen (secondary N) is 2. The first-order valence-electron chi connectivity index (χ1n) is 17.3. The molecule has 36 heteroatoms. The maximum atomic E-state index is 14.6. The molecule has 9 N–H and O–H groups in total. The standard InChI is InChI=1S/C31H29FN10O19S6/c32-29-36-30(34-17-1-4-19(5-2-17)64(46,47)11-9-56-62-60-58-44)38-31(37-29)35-18-3-8-27(66(50,51)52)25(13-18)42-40-23-16-24(26(43)15-21(23)33)41-39-22-7-6-20(14-28(22)67(53,54)55)65(48,49)12-10-57-63-61-59-45/h1-8,13-16,43-45H,9-12,33H2,(H,50,51,52)(H,53,54,55)(H2,34,35,36,37,38). The highest BCUT2D eigenvalue weighted by molar-refractivity contribution is 7.92. The van der Waals surface area contributed by atoms with E-state index in [2.05, 4.69) is 64.8 Å². The van der Waals surface area contributed by atoms with Gasteiger partial charge in [-0.1, -0.05) is 10.1 Å². The lowest BCUT2D eigenvalue weighted by molar-refractivity contribution is -0.434. The Morgan fingerprint density at radius 3 is 1.69 bits per heavy atom. The van der Waals surface area contributed by atoms with E-state index in [1.807, 2.05) is 0 Å². The third kappa shape index (κ3) is 15.2. The number of halogens is 1. The summed E-state index contributed by atoms with van der Waals surface area (Å²) < 4.78 is 151. The van der Waals surface area contributed by atoms with Gasteiger partial charge in [-0.3, -0.25) is 17.5 Å². The van der Waals surface area contributed by atoms with Crippen molar-refractivity contribution in [3.8, 4) is 5.75 Å². The van der Waals surface area contributed by atoms with E-state index < -0.39 is 108 Å². The Morgan fingerprint density at radius 2 is 1.10 bits per heavy atom. The summed E-state index contributed by atoms with van der Waals surface area (Å²) >= 11 is 0.304. The van der Waals surface area contributed by atoms with Crippen molar-refractivity contribution < 1.29 is 89.9 Å². The van der Waals surface area contributed by atoms with Crippen LogP contribution in [0.25, 0.3) is 0 Å². The van der Waals surface area contributed by atoms with Crippen molar-refractivity contribution in [2.45, 2.75) is 19.6 Å². The molecular formula is C31H29FN10O19S6. The fraction of sp³-hybridized carbons (Fsp3) is 0.129. The van der Waals surface area contributed by atoms with Gasteiger partial charge < -0.3 is 21.5 Å². The molecule has 0 aliphatic rings. The first-order chi connectivity index (χ1) is 31.6. The number of rotatable bonds is 24. The van der Waals surface area contributed by atoms with Crippen LogP contribution in [0.3, 0.4) is 0 Å². The van der Waals surface area contributed by atoms with E-state index in [9.17, 15) is 52.3 Å². The highest BCUT2D eigenvalue weighted by Gasteiger charge is 2.23. The number of azo groups is 2. The Labute approximate surface area is 385 Å². The van der Waals surface area contributed by atoms with Gasteiger partial charge in [0, 0.05) is 17.4 Å². The number of nitrogen functional groups attached to an aromatic ring is 1. The summed E-state index contributed by atoms with van der Waals surface area (Å²) in [6.45, 7) is -0.844. The zero-order valence-corrected chi connectivity index (χ0v) is 37.6. The summed E-state index contributed by atoms with van der Waals surface area (Å²) in [7, 11) is -18.2. The van der Waals surface area contributed by atoms with Crippen LogP contribution < -0.4 is 16.4 Å². The molecule has 1 aromatic heterocycles. The van der Waals surface area contributed by atoms with Gasteiger partial charge in [-0.2, -0.15) is 36.2 Å². The van der Waals surface area contributed by atoms with Crippen LogP contribution in [0.5, 0.6) is 5.75 Å². The molecular weight excluding hydrogens is 1030 g/mol. The number of aromatic hydroxyl groups is 1. The number of hydrogen-bond donors (Lipinski definition) is 8. The van der Waals surface area contributed by atoms with Gasteiger partial charge in [0.1, 0.15) is 38.3 Å². The third-order valence-electron chi connectivity index (χ3n) is 7.88. The molecule has 0 atom stereocenters. The summed E-state index contributed by atoms with van der Waals surface area (Å²) in [5.41, 5.74) is 3.93. The van der Waals surface area contributed by atoms with Crippen LogP contribution in [0, 0.1) is 6.08 Å². The molecule has 0 amide bonds. The van der Waals surface area contributed by atoms with Crippen molar-refractivity contribution in [3.05, 3.63) is 78.9 Å². The molecule has 0 spiro atoms. The Bertz CT molecular complexity index is 3100. The van der Waals surface area contributed by atoms with Crippen LogP contribution in [-0.4, -0.2) is 98.1 Å². The molecule has 5 aromatic rings. The molecule has 0 aliphatic heterocycles. The van der Waals surface area contributed by atoms with Crippen molar-refractivity contribution in [1.82, 2.24) is 15.0 Å². The summed E-state index contributed by atoms with van der Waals surface area (Å²) in [6.07, 6.45) is -1.29. The monoisotopic (exact) mass is 1060 g/mol. The fourth-order valence-electron chi connectivity index (χ4n) is 4.95. The second-order valence-electron chi connectivity index (χ2n) is 12.3. The predicted molar refractivity (Wildman–Crippen MR) is 227 cm³/mol. The number of hydrogen-bond acceptors (Lipinski definition) is 29. The Balaban J connectivity index is 1.36. The highest BCUT2D eigenvalue weighted by atomic mass is 32.2. The van der Waals surface area contributed by atoms with E-state index in [4.69, 9.17) is 24.6 Å². The largest absolute Gasteiger partial charge is 0.506 e. The molecule has 29 nitrogen and oxygen atoms in total. The smallest absolute Gasteiger partial charge is 0.315 e. The number of phenolic OH excluding ortho intramolecular Hbond substituents is 1. The molecule has 0 bridgehead atoms. The number of benzene rings is 4. The zero-order chi connectivity index (χ0) is 49.0. The lowest BCUT2D eigenvalue weighted by Crippen LogP contribution is -2.12. The topological polar surface area (TPSA) is 431 Å². The second kappa shape index (κ2) is 22.9. The molecule has 0 unspecified atom stereocenters. The van der Waals surface area contributed by atoms with E-state index in [0.717, 1.165) is 42.5 Å². The number of nitrogens with two attached hydrogens (primary N) is 1. The lowest BCUT2D eigenvalue weighted by atomic mass is 10.2. The number of aromatic nitrogens is 3. The molecule has 4 aromatic carbocycles. The first kappa shape index (κ1) is 52.3. The van der Waals surface area contributed by atoms with Crippen molar-refractivity contribution >= 4 is 116 Å². The quantitative estimate of drug-likeness (QED) is 0.00702. The molecule has 0 radical (unpaired) electrons. The van der Waals surface area contributed by atoms with Crippen LogP contribution in [0.15, 0.2) is 113 Å². The molecule has 1 heterocycles. The fourth-order valence-corrected chi connectivity index (χ4v) is 9.12. The van der Waals surface area contributed by atoms with Gasteiger partial charge in [0.25, 0.3) is 20.2 Å². The highest BCUT2D eigenvalue weighted by Crippen LogP contribution is 2.39. The van der Waals surface area contributed by atoms with Crippen LogP contribution >= 0.6 is 24.6 Å². The zero-order valence-electron chi connectivity index (χ0n) is 32.7. The number of phenols is 1. The number of anilines is 5. The average Bonchev–Trinajstić information content (AvgIpc) is 3.25. The Morgan fingerprint density at radius 1 is 0.597 bits per heavy atom. The van der Waals surface area contributed by atoms with Gasteiger partial charge in [0.2, 0.25) is 11.9 Å². The van der Waals surface area contributed by atoms with E-state index >= 15 is 0 Å². The summed E-state index contributed by atoms with van der Waals surface area (Å²) in [6, 6.07) is 12.4. The van der Waals surface area contributed by atoms with Gasteiger partial charge in [-0.15, -0.1) is 29.1 Å². The summed E-state index contributed by atoms with van der Waals surface area (Å²) in [4.78, 5) is 8.64. The van der Waals surface area contributed by atoms with Crippen LogP contribution in [0.1, 0.15) is 0 Å². The minimum Gasteiger partial charge on any atom is -0.506 e. The normalized spacial score (nSPS) is 12.6.